The summed E-state index contributed by atoms with van der Waals surface area (Å²) in [4.78, 5) is 32.4. The lowest BCUT2D eigenvalue weighted by atomic mass is 10.0. The summed E-state index contributed by atoms with van der Waals surface area (Å²) in [6.07, 6.45) is 0. The minimum absolute atomic E-state index is 0.0583. The number of thiazole rings is 1. The van der Waals surface area contributed by atoms with Gasteiger partial charge in [0, 0.05) is 16.0 Å². The van der Waals surface area contributed by atoms with Crippen molar-refractivity contribution in [2.75, 3.05) is 19.0 Å². The Balaban J connectivity index is 2.18. The number of methoxy groups -OCH3 is 1. The summed E-state index contributed by atoms with van der Waals surface area (Å²) in [5.41, 5.74) is 0.852. The van der Waals surface area contributed by atoms with Crippen LogP contribution in [0.1, 0.15) is 41.7 Å². The van der Waals surface area contributed by atoms with Gasteiger partial charge in [-0.2, -0.15) is 0 Å². The molecule has 2 amide bonds. The van der Waals surface area contributed by atoms with Crippen molar-refractivity contribution in [3.05, 3.63) is 40.4 Å². The van der Waals surface area contributed by atoms with E-state index < -0.39 is 5.54 Å². The van der Waals surface area contributed by atoms with Gasteiger partial charge in [-0.3, -0.25) is 9.59 Å². The summed E-state index contributed by atoms with van der Waals surface area (Å²) >= 11 is 1.42. The number of aromatic nitrogens is 1. The number of nitrogens with zero attached hydrogens (tertiary/aromatic N) is 2. The van der Waals surface area contributed by atoms with Gasteiger partial charge in [-0.15, -0.1) is 11.3 Å². The van der Waals surface area contributed by atoms with Crippen molar-refractivity contribution < 1.29 is 14.3 Å². The van der Waals surface area contributed by atoms with E-state index in [1.807, 2.05) is 34.6 Å². The Morgan fingerprint density at radius 3 is 2.50 bits per heavy atom. The molecule has 1 aromatic heterocycles. The fourth-order valence-corrected chi connectivity index (χ4v) is 3.18. The Hall–Kier alpha value is -2.41. The molecule has 0 aliphatic rings. The van der Waals surface area contributed by atoms with Crippen molar-refractivity contribution in [3.63, 3.8) is 0 Å². The molecule has 0 aliphatic carbocycles. The minimum atomic E-state index is -0.522. The average molecular weight is 375 g/mol. The van der Waals surface area contributed by atoms with Crippen LogP contribution in [0.4, 0.5) is 5.13 Å². The van der Waals surface area contributed by atoms with E-state index in [-0.39, 0.29) is 18.4 Å². The highest BCUT2D eigenvalue weighted by Gasteiger charge is 2.29. The second kappa shape index (κ2) is 7.86. The largest absolute Gasteiger partial charge is 0.497 e. The van der Waals surface area contributed by atoms with Gasteiger partial charge >= 0.3 is 0 Å². The quantitative estimate of drug-likeness (QED) is 0.866. The van der Waals surface area contributed by atoms with Gasteiger partial charge in [0.2, 0.25) is 5.91 Å². The number of benzene rings is 1. The molecular weight excluding hydrogens is 350 g/mol. The normalized spacial score (nSPS) is 11.2. The summed E-state index contributed by atoms with van der Waals surface area (Å²) in [7, 11) is 1.55. The van der Waals surface area contributed by atoms with Crippen LogP contribution in [0, 0.1) is 13.8 Å². The molecule has 1 N–H and O–H groups in total. The van der Waals surface area contributed by atoms with E-state index >= 15 is 0 Å². The van der Waals surface area contributed by atoms with E-state index in [1.54, 1.807) is 36.3 Å². The molecule has 140 valence electrons. The Labute approximate surface area is 158 Å². The van der Waals surface area contributed by atoms with E-state index in [2.05, 4.69) is 10.3 Å². The second-order valence-corrected chi connectivity index (χ2v) is 8.21. The Morgan fingerprint density at radius 2 is 1.96 bits per heavy atom. The lowest BCUT2D eigenvalue weighted by Crippen LogP contribution is -2.49. The fourth-order valence-electron chi connectivity index (χ4n) is 2.35. The zero-order valence-electron chi connectivity index (χ0n) is 16.0. The lowest BCUT2D eigenvalue weighted by molar-refractivity contribution is -0.117. The zero-order valence-corrected chi connectivity index (χ0v) is 16.9. The maximum absolute atomic E-state index is 13.0. The van der Waals surface area contributed by atoms with Gasteiger partial charge in [-0.1, -0.05) is 6.07 Å². The van der Waals surface area contributed by atoms with E-state index in [9.17, 15) is 9.59 Å². The molecule has 0 fully saturated rings. The van der Waals surface area contributed by atoms with E-state index in [1.165, 1.54) is 11.3 Å². The number of ether oxygens (including phenoxy) is 1. The monoisotopic (exact) mass is 375 g/mol. The van der Waals surface area contributed by atoms with Gasteiger partial charge < -0.3 is 15.0 Å². The summed E-state index contributed by atoms with van der Waals surface area (Å²) in [6.45, 7) is 9.49. The van der Waals surface area contributed by atoms with E-state index in [0.29, 0.717) is 16.4 Å². The van der Waals surface area contributed by atoms with E-state index in [0.717, 1.165) is 10.6 Å². The molecule has 0 saturated carbocycles. The van der Waals surface area contributed by atoms with Gasteiger partial charge in [0.05, 0.1) is 12.8 Å². The summed E-state index contributed by atoms with van der Waals surface area (Å²) < 4.78 is 5.19. The van der Waals surface area contributed by atoms with Crippen LogP contribution < -0.4 is 10.1 Å². The molecule has 0 spiro atoms. The van der Waals surface area contributed by atoms with Crippen LogP contribution in [-0.4, -0.2) is 40.9 Å². The predicted octanol–water partition coefficient (Wildman–Crippen LogP) is 3.65. The summed E-state index contributed by atoms with van der Waals surface area (Å²) in [5, 5.41) is 3.33. The van der Waals surface area contributed by atoms with Gasteiger partial charge in [-0.25, -0.2) is 4.98 Å². The molecule has 0 aliphatic heterocycles. The Bertz CT molecular complexity index is 789. The second-order valence-electron chi connectivity index (χ2n) is 7.00. The molecule has 0 bridgehead atoms. The molecule has 1 heterocycles. The Morgan fingerprint density at radius 1 is 1.27 bits per heavy atom. The maximum atomic E-state index is 13.0. The molecule has 0 unspecified atom stereocenters. The van der Waals surface area contributed by atoms with Crippen LogP contribution in [0.15, 0.2) is 24.3 Å². The number of aryl methyl sites for hydroxylation is 2. The molecule has 2 rings (SSSR count). The standard InChI is InChI=1S/C19H25N3O3S/c1-12-13(2)26-18(20-12)21-16(23)11-22(19(3,4)5)17(24)14-8-7-9-15(10-14)25-6/h7-10H,11H2,1-6H3,(H,20,21,23). The molecule has 0 radical (unpaired) electrons. The van der Waals surface area contributed by atoms with Gasteiger partial charge in [-0.05, 0) is 52.8 Å². The van der Waals surface area contributed by atoms with Crippen molar-refractivity contribution in [2.24, 2.45) is 0 Å². The molecule has 6 nitrogen and oxygen atoms in total. The number of nitrogens with one attached hydrogen (secondary N) is 1. The molecular formula is C19H25N3O3S. The number of hydrogen-bond acceptors (Lipinski definition) is 5. The smallest absolute Gasteiger partial charge is 0.254 e. The fraction of sp³-hybridized carbons (Fsp3) is 0.421. The molecule has 7 heteroatoms. The van der Waals surface area contributed by atoms with Crippen molar-refractivity contribution in [2.45, 2.75) is 40.2 Å². The highest BCUT2D eigenvalue weighted by atomic mass is 32.1. The average Bonchev–Trinajstić information content (AvgIpc) is 2.88. The summed E-state index contributed by atoms with van der Waals surface area (Å²) in [6, 6.07) is 6.92. The van der Waals surface area contributed by atoms with E-state index in [4.69, 9.17) is 4.74 Å². The van der Waals surface area contributed by atoms with Crippen LogP contribution in [-0.2, 0) is 4.79 Å². The lowest BCUT2D eigenvalue weighted by Gasteiger charge is -2.35. The number of anilines is 1. The highest BCUT2D eigenvalue weighted by molar-refractivity contribution is 7.15. The SMILES string of the molecule is COc1cccc(C(=O)N(CC(=O)Nc2nc(C)c(C)s2)C(C)(C)C)c1. The Kier molecular flexibility index (Phi) is 6.02. The third-order valence-corrected chi connectivity index (χ3v) is 4.94. The molecule has 1 aromatic carbocycles. The van der Waals surface area contributed by atoms with Gasteiger partial charge in [0.15, 0.2) is 5.13 Å². The third-order valence-electron chi connectivity index (χ3n) is 3.95. The number of hydrogen-bond donors (Lipinski definition) is 1. The van der Waals surface area contributed by atoms with Gasteiger partial charge in [0.25, 0.3) is 5.91 Å². The summed E-state index contributed by atoms with van der Waals surface area (Å²) in [5.74, 6) is 0.103. The number of carbonyl (C=O) groups excluding carboxylic acids is 2. The first-order chi connectivity index (χ1) is 12.1. The highest BCUT2D eigenvalue weighted by Crippen LogP contribution is 2.23. The maximum Gasteiger partial charge on any atom is 0.254 e. The first-order valence-corrected chi connectivity index (χ1v) is 9.13. The molecule has 0 saturated heterocycles. The molecule has 26 heavy (non-hydrogen) atoms. The first kappa shape index (κ1) is 19.9. The third kappa shape index (κ3) is 4.82. The van der Waals surface area contributed by atoms with Crippen molar-refractivity contribution >= 4 is 28.3 Å². The van der Waals surface area contributed by atoms with Gasteiger partial charge in [0.1, 0.15) is 12.3 Å². The molecule has 0 atom stereocenters. The number of amides is 2. The molecule has 2 aromatic rings. The number of carbonyl (C=O) groups is 2. The topological polar surface area (TPSA) is 71.5 Å². The van der Waals surface area contributed by atoms with Crippen LogP contribution in [0.25, 0.3) is 0 Å². The van der Waals surface area contributed by atoms with Crippen molar-refractivity contribution in [1.29, 1.82) is 0 Å². The minimum Gasteiger partial charge on any atom is -0.497 e. The van der Waals surface area contributed by atoms with Crippen LogP contribution in [0.3, 0.4) is 0 Å². The van der Waals surface area contributed by atoms with Crippen molar-refractivity contribution in [1.82, 2.24) is 9.88 Å². The van der Waals surface area contributed by atoms with Crippen LogP contribution in [0.5, 0.6) is 5.75 Å². The van der Waals surface area contributed by atoms with Crippen LogP contribution in [0.2, 0.25) is 0 Å². The number of rotatable bonds is 5. The van der Waals surface area contributed by atoms with Crippen molar-refractivity contribution in [3.8, 4) is 5.75 Å². The first-order valence-electron chi connectivity index (χ1n) is 8.31. The zero-order chi connectivity index (χ0) is 19.5. The predicted molar refractivity (Wildman–Crippen MR) is 104 cm³/mol. The van der Waals surface area contributed by atoms with Crippen LogP contribution >= 0.6 is 11.3 Å².